The standard InChI is InChI=1S/C78H48N2S4/c1-5-13-49(14-6-1)53-21-29-57(30-22-53)61-37-41-65-69(45-61)81-75-73-77(83-70-46-62(38-42-66(70)79(65)73)58-31-23-54(24-32-58)50-15-7-2-8-16-50)78-74-76(75)82-71-47-63(59-33-25-55(26-34-59)51-17-9-3-10-18-51)39-43-67(71)80(74)68-44-40-64(48-72(68)84-78)60-35-27-56(28-36-60)52-19-11-4-12-20-52/h1-48H. The third-order valence-electron chi connectivity index (χ3n) is 16.7. The molecule has 17 rings (SSSR count). The third kappa shape index (κ3) is 8.32. The Balaban J connectivity index is 0.933. The zero-order valence-corrected chi connectivity index (χ0v) is 48.5. The lowest BCUT2D eigenvalue weighted by atomic mass is 10.00. The van der Waals surface area contributed by atoms with Crippen LogP contribution in [0.4, 0.5) is 0 Å². The average molecular weight is 1140 g/mol. The number of aromatic nitrogens is 2. The van der Waals surface area contributed by atoms with Crippen LogP contribution in [0.2, 0.25) is 0 Å². The maximum Gasteiger partial charge on any atom is 0.0838 e. The third-order valence-corrected chi connectivity index (χ3v) is 21.5. The van der Waals surface area contributed by atoms with E-state index in [2.05, 4.69) is 300 Å². The van der Waals surface area contributed by atoms with E-state index in [4.69, 9.17) is 0 Å². The molecule has 13 aromatic carbocycles. The van der Waals surface area contributed by atoms with Crippen molar-refractivity contribution in [1.29, 1.82) is 0 Å². The van der Waals surface area contributed by atoms with Crippen molar-refractivity contribution in [2.45, 2.75) is 0 Å². The molecule has 4 heterocycles. The molecule has 0 N–H and O–H groups in total. The summed E-state index contributed by atoms with van der Waals surface area (Å²) >= 11 is 7.74. The molecular formula is C78H48N2S4. The summed E-state index contributed by atoms with van der Waals surface area (Å²) in [5.74, 6) is 0. The highest BCUT2D eigenvalue weighted by molar-refractivity contribution is 7.36. The van der Waals surface area contributed by atoms with E-state index < -0.39 is 0 Å². The highest BCUT2D eigenvalue weighted by Gasteiger charge is 2.24. The smallest absolute Gasteiger partial charge is 0.0838 e. The Bertz CT molecular complexity index is 4740. The minimum Gasteiger partial charge on any atom is -0.305 e. The van der Waals surface area contributed by atoms with E-state index in [1.54, 1.807) is 0 Å². The molecule has 0 aliphatic carbocycles. The van der Waals surface area contributed by atoms with E-state index in [0.717, 1.165) is 0 Å². The first kappa shape index (κ1) is 49.0. The lowest BCUT2D eigenvalue weighted by Gasteiger charge is -2.21. The molecule has 4 aromatic heterocycles. The number of hydrogen-bond donors (Lipinski definition) is 0. The van der Waals surface area contributed by atoms with Crippen LogP contribution in [-0.4, -0.2) is 8.80 Å². The largest absolute Gasteiger partial charge is 0.305 e. The topological polar surface area (TPSA) is 8.82 Å². The summed E-state index contributed by atoms with van der Waals surface area (Å²) < 4.78 is 15.4. The van der Waals surface area contributed by atoms with Crippen LogP contribution in [0.15, 0.2) is 291 Å². The zero-order chi connectivity index (χ0) is 55.2. The van der Waals surface area contributed by atoms with Crippen LogP contribution in [0.5, 0.6) is 0 Å². The van der Waals surface area contributed by atoms with Gasteiger partial charge in [0.1, 0.15) is 0 Å². The highest BCUT2D eigenvalue weighted by atomic mass is 32.1. The Hall–Kier alpha value is -9.66. The molecule has 0 saturated heterocycles. The molecular weight excluding hydrogens is 1090 g/mol. The number of nitrogens with zero attached hydrogens (tertiary/aromatic N) is 2. The van der Waals surface area contributed by atoms with Crippen LogP contribution in [-0.2, 0) is 0 Å². The lowest BCUT2D eigenvalue weighted by molar-refractivity contribution is 1.33. The monoisotopic (exact) mass is 1140 g/mol. The van der Waals surface area contributed by atoms with Crippen LogP contribution in [0.1, 0.15) is 0 Å². The fourth-order valence-corrected chi connectivity index (χ4v) is 17.6. The normalized spacial score (nSPS) is 11.8. The molecule has 0 spiro atoms. The Morgan fingerprint density at radius 2 is 0.333 bits per heavy atom. The molecule has 0 radical (unpaired) electrons. The molecule has 0 fully saturated rings. The first-order valence-corrected chi connectivity index (χ1v) is 31.6. The van der Waals surface area contributed by atoms with Crippen molar-refractivity contribution in [3.05, 3.63) is 291 Å². The van der Waals surface area contributed by atoms with Crippen molar-refractivity contribution < 1.29 is 0 Å². The van der Waals surface area contributed by atoms with Crippen molar-refractivity contribution in [3.8, 4) is 89.0 Å². The molecule has 17 aromatic rings. The van der Waals surface area contributed by atoms with Crippen LogP contribution in [0, 0.1) is 0 Å². The molecule has 0 aliphatic rings. The van der Waals surface area contributed by atoms with Gasteiger partial charge in [-0.25, -0.2) is 0 Å². The maximum absolute atomic E-state index is 2.61. The minimum atomic E-state index is 1.20. The van der Waals surface area contributed by atoms with Crippen LogP contribution in [0.3, 0.4) is 0 Å². The van der Waals surface area contributed by atoms with E-state index in [0.29, 0.717) is 0 Å². The van der Waals surface area contributed by atoms with Gasteiger partial charge in [0.15, 0.2) is 0 Å². The van der Waals surface area contributed by atoms with E-state index >= 15 is 0 Å². The summed E-state index contributed by atoms with van der Waals surface area (Å²) in [6, 6.07) is 108. The van der Waals surface area contributed by atoms with Gasteiger partial charge in [0.25, 0.3) is 0 Å². The number of hydrogen-bond acceptors (Lipinski definition) is 4. The molecule has 6 heteroatoms. The van der Waals surface area contributed by atoms with E-state index in [9.17, 15) is 0 Å². The second-order valence-electron chi connectivity index (χ2n) is 21.6. The second kappa shape index (κ2) is 20.1. The van der Waals surface area contributed by atoms with Gasteiger partial charge in [0, 0.05) is 0 Å². The van der Waals surface area contributed by atoms with Gasteiger partial charge in [-0.3, -0.25) is 0 Å². The van der Waals surface area contributed by atoms with Crippen molar-refractivity contribution in [2.24, 2.45) is 0 Å². The molecule has 0 aliphatic heterocycles. The lowest BCUT2D eigenvalue weighted by Crippen LogP contribution is -1.99. The van der Waals surface area contributed by atoms with Crippen molar-refractivity contribution in [3.63, 3.8) is 0 Å². The predicted octanol–water partition coefficient (Wildman–Crippen LogP) is 23.8. The quantitative estimate of drug-likeness (QED) is 0.106. The van der Waals surface area contributed by atoms with Crippen molar-refractivity contribution >= 4 is 116 Å². The predicted molar refractivity (Wildman–Crippen MR) is 366 cm³/mol. The molecule has 0 saturated carbocycles. The molecule has 0 bridgehead atoms. The zero-order valence-electron chi connectivity index (χ0n) is 45.2. The molecule has 2 nitrogen and oxygen atoms in total. The van der Waals surface area contributed by atoms with Gasteiger partial charge < -0.3 is 8.80 Å². The van der Waals surface area contributed by atoms with E-state index in [1.165, 1.54) is 160 Å². The second-order valence-corrected chi connectivity index (χ2v) is 25.8. The SMILES string of the molecule is c1ccc(-c2ccc(-c3ccc4c(c3)sc3c5sc6cc(-c7ccc(-c8ccccc8)cc7)ccc6n6c7ccc(-c8ccc(-c9ccccc9)cc8)cc7sc(c7sc8cc(-c9ccc(-c%10ccccc%10)cc9)ccc8n4c37)c56)cc2)cc1. The summed E-state index contributed by atoms with van der Waals surface area (Å²) in [6.45, 7) is 0. The Labute approximate surface area is 501 Å². The summed E-state index contributed by atoms with van der Waals surface area (Å²) in [5.41, 5.74) is 26.7. The van der Waals surface area contributed by atoms with Crippen LogP contribution >= 0.6 is 45.3 Å². The highest BCUT2D eigenvalue weighted by Crippen LogP contribution is 2.51. The number of benzene rings is 13. The summed E-state index contributed by atoms with van der Waals surface area (Å²) in [5, 5.41) is 0. The van der Waals surface area contributed by atoms with Gasteiger partial charge in [-0.2, -0.15) is 0 Å². The minimum absolute atomic E-state index is 1.20. The Morgan fingerprint density at radius 1 is 0.167 bits per heavy atom. The van der Waals surface area contributed by atoms with E-state index in [1.807, 2.05) is 45.3 Å². The van der Waals surface area contributed by atoms with Gasteiger partial charge in [-0.05, 0) is 138 Å². The Morgan fingerprint density at radius 3 is 0.536 bits per heavy atom. The van der Waals surface area contributed by atoms with Crippen LogP contribution in [0.25, 0.3) is 160 Å². The summed E-state index contributed by atoms with van der Waals surface area (Å²) in [7, 11) is 0. The summed E-state index contributed by atoms with van der Waals surface area (Å²) in [6.07, 6.45) is 0. The van der Waals surface area contributed by atoms with Gasteiger partial charge in [0.05, 0.1) is 70.7 Å². The molecule has 84 heavy (non-hydrogen) atoms. The van der Waals surface area contributed by atoms with Crippen molar-refractivity contribution in [1.82, 2.24) is 8.80 Å². The maximum atomic E-state index is 2.61. The van der Waals surface area contributed by atoms with Gasteiger partial charge in [0.2, 0.25) is 0 Å². The summed E-state index contributed by atoms with van der Waals surface area (Å²) in [4.78, 5) is 0. The number of fused-ring (bicyclic) bond motifs is 10. The first-order chi connectivity index (χ1) is 41.6. The molecule has 0 amide bonds. The van der Waals surface area contributed by atoms with Gasteiger partial charge in [-0.1, -0.05) is 243 Å². The van der Waals surface area contributed by atoms with Gasteiger partial charge >= 0.3 is 0 Å². The first-order valence-electron chi connectivity index (χ1n) is 28.4. The average Bonchev–Trinajstić information content (AvgIpc) is 0.750. The molecule has 0 unspecified atom stereocenters. The van der Waals surface area contributed by atoms with Crippen molar-refractivity contribution in [2.75, 3.05) is 0 Å². The molecule has 0 atom stereocenters. The van der Waals surface area contributed by atoms with E-state index in [-0.39, 0.29) is 0 Å². The van der Waals surface area contributed by atoms with Crippen LogP contribution < -0.4 is 0 Å². The fourth-order valence-electron chi connectivity index (χ4n) is 12.4. The van der Waals surface area contributed by atoms with Gasteiger partial charge in [-0.15, -0.1) is 45.3 Å². The molecule has 394 valence electrons. The fraction of sp³-hybridized carbons (Fsp3) is 0. The number of rotatable bonds is 8. The Kier molecular flexibility index (Phi) is 11.7.